The van der Waals surface area contributed by atoms with Gasteiger partial charge in [-0.05, 0) is 31.0 Å². The molecule has 0 aliphatic rings. The molecule has 0 aliphatic heterocycles. The summed E-state index contributed by atoms with van der Waals surface area (Å²) in [4.78, 5) is 4.39. The van der Waals surface area contributed by atoms with Crippen LogP contribution in [0.25, 0.3) is 0 Å². The number of hydrogen-bond donors (Lipinski definition) is 1. The predicted octanol–water partition coefficient (Wildman–Crippen LogP) is 3.75. The summed E-state index contributed by atoms with van der Waals surface area (Å²) in [5, 5.41) is 11.2. The quantitative estimate of drug-likeness (QED) is 0.922. The number of benzene rings is 1. The molecule has 1 atom stereocenters. The highest BCUT2D eigenvalue weighted by atomic mass is 35.5. The number of aromatic nitrogens is 1. The molecule has 1 heterocycles. The normalized spacial score (nSPS) is 14.1. The minimum atomic E-state index is -1.01. The van der Waals surface area contributed by atoms with Crippen molar-refractivity contribution in [3.63, 3.8) is 0 Å². The van der Waals surface area contributed by atoms with Crippen molar-refractivity contribution >= 4 is 11.6 Å². The van der Waals surface area contributed by atoms with Crippen LogP contribution in [0, 0.1) is 0 Å². The van der Waals surface area contributed by atoms with Gasteiger partial charge < -0.3 is 5.11 Å². The molecular weight excluding hydrogens is 258 g/mol. The summed E-state index contributed by atoms with van der Waals surface area (Å²) in [6, 6.07) is 11.4. The molecule has 2 aromatic rings. The molecule has 2 nitrogen and oxygen atoms in total. The van der Waals surface area contributed by atoms with E-state index in [9.17, 15) is 5.11 Å². The maximum atomic E-state index is 10.6. The van der Waals surface area contributed by atoms with Crippen molar-refractivity contribution in [3.05, 3.63) is 64.4 Å². The van der Waals surface area contributed by atoms with E-state index in [1.807, 2.05) is 36.5 Å². The monoisotopic (exact) mass is 275 g/mol. The number of hydrogen-bond acceptors (Lipinski definition) is 2. The lowest BCUT2D eigenvalue weighted by Crippen LogP contribution is -2.25. The Bertz CT molecular complexity index is 549. The number of pyridine rings is 1. The molecule has 0 saturated heterocycles. The van der Waals surface area contributed by atoms with Gasteiger partial charge in [0.1, 0.15) is 0 Å². The molecule has 0 saturated carbocycles. The highest BCUT2D eigenvalue weighted by molar-refractivity contribution is 6.31. The first-order chi connectivity index (χ1) is 9.03. The van der Waals surface area contributed by atoms with Crippen LogP contribution in [0.1, 0.15) is 30.7 Å². The van der Waals surface area contributed by atoms with Gasteiger partial charge in [-0.25, -0.2) is 0 Å². The van der Waals surface area contributed by atoms with Gasteiger partial charge in [0.25, 0.3) is 0 Å². The Morgan fingerprint density at radius 3 is 2.53 bits per heavy atom. The van der Waals surface area contributed by atoms with Crippen LogP contribution in [-0.4, -0.2) is 10.1 Å². The molecule has 100 valence electrons. The summed E-state index contributed by atoms with van der Waals surface area (Å²) in [6.07, 6.45) is 3.27. The first-order valence-corrected chi connectivity index (χ1v) is 6.82. The minimum Gasteiger partial charge on any atom is -0.385 e. The van der Waals surface area contributed by atoms with Crippen molar-refractivity contribution in [1.82, 2.24) is 4.98 Å². The number of aliphatic hydroxyl groups is 1. The van der Waals surface area contributed by atoms with Crippen LogP contribution in [0.15, 0.2) is 42.6 Å². The average molecular weight is 276 g/mol. The number of aryl methyl sites for hydroxylation is 1. The molecular formula is C16H18ClNO. The van der Waals surface area contributed by atoms with Gasteiger partial charge in [0.2, 0.25) is 0 Å². The molecule has 0 fully saturated rings. The molecule has 1 N–H and O–H groups in total. The average Bonchev–Trinajstić information content (AvgIpc) is 2.39. The molecule has 19 heavy (non-hydrogen) atoms. The zero-order chi connectivity index (χ0) is 13.9. The van der Waals surface area contributed by atoms with Gasteiger partial charge >= 0.3 is 0 Å². The minimum absolute atomic E-state index is 0.445. The van der Waals surface area contributed by atoms with Crippen molar-refractivity contribution in [3.8, 4) is 0 Å². The molecule has 0 bridgehead atoms. The van der Waals surface area contributed by atoms with E-state index in [2.05, 4.69) is 11.9 Å². The van der Waals surface area contributed by atoms with E-state index >= 15 is 0 Å². The topological polar surface area (TPSA) is 33.1 Å². The van der Waals surface area contributed by atoms with Gasteiger partial charge in [0.15, 0.2) is 0 Å². The smallest absolute Gasteiger partial charge is 0.0938 e. The van der Waals surface area contributed by atoms with Crippen LogP contribution in [0.5, 0.6) is 0 Å². The van der Waals surface area contributed by atoms with Crippen LogP contribution in [0.2, 0.25) is 5.02 Å². The van der Waals surface area contributed by atoms with E-state index in [0.717, 1.165) is 17.7 Å². The van der Waals surface area contributed by atoms with Crippen molar-refractivity contribution in [2.24, 2.45) is 0 Å². The fourth-order valence-corrected chi connectivity index (χ4v) is 2.45. The Labute approximate surface area is 119 Å². The second-order valence-corrected chi connectivity index (χ2v) is 5.35. The van der Waals surface area contributed by atoms with Gasteiger partial charge in [0, 0.05) is 28.9 Å². The number of rotatable bonds is 4. The van der Waals surface area contributed by atoms with Crippen molar-refractivity contribution in [2.75, 3.05) is 0 Å². The molecule has 1 aromatic carbocycles. The van der Waals surface area contributed by atoms with Crippen LogP contribution >= 0.6 is 11.6 Å². The second-order valence-electron chi connectivity index (χ2n) is 4.94. The lowest BCUT2D eigenvalue weighted by molar-refractivity contribution is 0.0567. The summed E-state index contributed by atoms with van der Waals surface area (Å²) in [5.74, 6) is 0. The van der Waals surface area contributed by atoms with E-state index in [1.165, 1.54) is 5.56 Å². The standard InChI is InChI=1S/C16H18ClNO/c1-3-12-8-9-13(18-11-12)10-16(2,19)14-6-4-5-7-15(14)17/h4-9,11,19H,3,10H2,1-2H3. The first-order valence-electron chi connectivity index (χ1n) is 6.44. The Hall–Kier alpha value is -1.38. The van der Waals surface area contributed by atoms with Crippen LogP contribution in [0.4, 0.5) is 0 Å². The summed E-state index contributed by atoms with van der Waals surface area (Å²) in [7, 11) is 0. The van der Waals surface area contributed by atoms with Crippen LogP contribution < -0.4 is 0 Å². The van der Waals surface area contributed by atoms with Gasteiger partial charge in [0.05, 0.1) is 5.60 Å². The Morgan fingerprint density at radius 2 is 1.95 bits per heavy atom. The van der Waals surface area contributed by atoms with Gasteiger partial charge in [-0.3, -0.25) is 4.98 Å². The molecule has 1 aromatic heterocycles. The highest BCUT2D eigenvalue weighted by Crippen LogP contribution is 2.30. The second kappa shape index (κ2) is 5.72. The fraction of sp³-hybridized carbons (Fsp3) is 0.312. The molecule has 0 radical (unpaired) electrons. The van der Waals surface area contributed by atoms with E-state index in [1.54, 1.807) is 13.0 Å². The Morgan fingerprint density at radius 1 is 1.21 bits per heavy atom. The third-order valence-corrected chi connectivity index (χ3v) is 3.60. The summed E-state index contributed by atoms with van der Waals surface area (Å²) >= 11 is 6.14. The molecule has 2 rings (SSSR count). The van der Waals surface area contributed by atoms with E-state index in [4.69, 9.17) is 11.6 Å². The van der Waals surface area contributed by atoms with Gasteiger partial charge in [-0.2, -0.15) is 0 Å². The number of halogens is 1. The maximum absolute atomic E-state index is 10.6. The summed E-state index contributed by atoms with van der Waals surface area (Å²) < 4.78 is 0. The van der Waals surface area contributed by atoms with Crippen molar-refractivity contribution < 1.29 is 5.11 Å². The fourth-order valence-electron chi connectivity index (χ4n) is 2.11. The van der Waals surface area contributed by atoms with Crippen molar-refractivity contribution in [2.45, 2.75) is 32.3 Å². The summed E-state index contributed by atoms with van der Waals surface area (Å²) in [5.41, 5.74) is 1.78. The van der Waals surface area contributed by atoms with Crippen LogP contribution in [-0.2, 0) is 18.4 Å². The third kappa shape index (κ3) is 3.34. The lowest BCUT2D eigenvalue weighted by atomic mass is 9.91. The molecule has 3 heteroatoms. The zero-order valence-corrected chi connectivity index (χ0v) is 12.0. The highest BCUT2D eigenvalue weighted by Gasteiger charge is 2.26. The van der Waals surface area contributed by atoms with Gasteiger partial charge in [-0.15, -0.1) is 0 Å². The van der Waals surface area contributed by atoms with Crippen molar-refractivity contribution in [1.29, 1.82) is 0 Å². The molecule has 0 amide bonds. The molecule has 1 unspecified atom stereocenters. The first kappa shape index (κ1) is 14.0. The Balaban J connectivity index is 2.23. The number of nitrogens with zero attached hydrogens (tertiary/aromatic N) is 1. The third-order valence-electron chi connectivity index (χ3n) is 3.27. The largest absolute Gasteiger partial charge is 0.385 e. The van der Waals surface area contributed by atoms with E-state index in [-0.39, 0.29) is 0 Å². The predicted molar refractivity (Wildman–Crippen MR) is 78.3 cm³/mol. The Kier molecular flexibility index (Phi) is 4.23. The SMILES string of the molecule is CCc1ccc(CC(C)(O)c2ccccc2Cl)nc1. The van der Waals surface area contributed by atoms with Crippen LogP contribution in [0.3, 0.4) is 0 Å². The maximum Gasteiger partial charge on any atom is 0.0938 e. The summed E-state index contributed by atoms with van der Waals surface area (Å²) in [6.45, 7) is 3.86. The van der Waals surface area contributed by atoms with E-state index in [0.29, 0.717) is 11.4 Å². The molecule has 0 spiro atoms. The lowest BCUT2D eigenvalue weighted by Gasteiger charge is -2.24. The van der Waals surface area contributed by atoms with E-state index < -0.39 is 5.60 Å². The molecule has 0 aliphatic carbocycles. The zero-order valence-electron chi connectivity index (χ0n) is 11.2. The van der Waals surface area contributed by atoms with Gasteiger partial charge in [-0.1, -0.05) is 42.8 Å².